The summed E-state index contributed by atoms with van der Waals surface area (Å²) in [5.41, 5.74) is 2.14. The lowest BCUT2D eigenvalue weighted by atomic mass is 10.0. The van der Waals surface area contributed by atoms with E-state index < -0.39 is 0 Å². The summed E-state index contributed by atoms with van der Waals surface area (Å²) in [5.74, 6) is 2.29. The zero-order valence-corrected chi connectivity index (χ0v) is 14.0. The first kappa shape index (κ1) is 16.2. The molecule has 0 radical (unpaired) electrons. The lowest BCUT2D eigenvalue weighted by Gasteiger charge is -2.21. The molecule has 1 aromatic heterocycles. The number of hydrogen-bond acceptors (Lipinski definition) is 2. The number of benzene rings is 1. The van der Waals surface area contributed by atoms with E-state index in [1.165, 1.54) is 25.7 Å². The van der Waals surface area contributed by atoms with Crippen LogP contribution in [0.4, 0.5) is 0 Å². The zero-order valence-electron chi connectivity index (χ0n) is 13.2. The van der Waals surface area contributed by atoms with Gasteiger partial charge in [-0.3, -0.25) is 0 Å². The molecular formula is C17H25ClN2O. The number of hydrogen-bond donors (Lipinski definition) is 0. The second-order valence-electron chi connectivity index (χ2n) is 5.47. The van der Waals surface area contributed by atoms with E-state index >= 15 is 0 Å². The quantitative estimate of drug-likeness (QED) is 0.617. The summed E-state index contributed by atoms with van der Waals surface area (Å²) >= 11 is 6.14. The topological polar surface area (TPSA) is 27.1 Å². The van der Waals surface area contributed by atoms with Gasteiger partial charge >= 0.3 is 0 Å². The molecular weight excluding hydrogens is 284 g/mol. The van der Waals surface area contributed by atoms with Crippen LogP contribution in [-0.4, -0.2) is 16.7 Å². The number of alkyl halides is 1. The van der Waals surface area contributed by atoms with E-state index in [9.17, 15) is 0 Å². The Kier molecular flexibility index (Phi) is 5.92. The molecule has 0 bridgehead atoms. The second-order valence-corrected chi connectivity index (χ2v) is 5.74. The maximum atomic E-state index is 6.14. The number of ether oxygens (including phenoxy) is 1. The molecule has 0 N–H and O–H groups in total. The summed E-state index contributed by atoms with van der Waals surface area (Å²) in [6, 6.07) is 6.52. The Morgan fingerprint density at radius 2 is 2.05 bits per heavy atom. The van der Waals surface area contributed by atoms with Gasteiger partial charge < -0.3 is 9.30 Å². The molecule has 0 saturated carbocycles. The predicted molar refractivity (Wildman–Crippen MR) is 89.3 cm³/mol. The summed E-state index contributed by atoms with van der Waals surface area (Å²) in [6.45, 7) is 4.47. The summed E-state index contributed by atoms with van der Waals surface area (Å²) in [5, 5.41) is 0. The largest absolute Gasteiger partial charge is 0.497 e. The van der Waals surface area contributed by atoms with Gasteiger partial charge in [-0.1, -0.05) is 33.1 Å². The summed E-state index contributed by atoms with van der Waals surface area (Å²) < 4.78 is 7.70. The van der Waals surface area contributed by atoms with Crippen molar-refractivity contribution in [3.8, 4) is 5.75 Å². The highest BCUT2D eigenvalue weighted by atomic mass is 35.5. The molecule has 0 aliphatic heterocycles. The van der Waals surface area contributed by atoms with Crippen LogP contribution in [0.15, 0.2) is 18.2 Å². The number of rotatable bonds is 8. The Morgan fingerprint density at radius 3 is 2.67 bits per heavy atom. The van der Waals surface area contributed by atoms with Crippen LogP contribution in [0.1, 0.15) is 57.8 Å². The van der Waals surface area contributed by atoms with Crippen LogP contribution in [-0.2, 0) is 5.88 Å². The van der Waals surface area contributed by atoms with E-state index in [1.54, 1.807) is 7.11 Å². The Labute approximate surface area is 132 Å². The van der Waals surface area contributed by atoms with E-state index in [0.717, 1.165) is 29.0 Å². The van der Waals surface area contributed by atoms with Gasteiger partial charge in [-0.15, -0.1) is 11.6 Å². The minimum atomic E-state index is 0.448. The molecule has 1 atom stereocenters. The zero-order chi connectivity index (χ0) is 15.2. The lowest BCUT2D eigenvalue weighted by Crippen LogP contribution is -2.12. The fraction of sp³-hybridized carbons (Fsp3) is 0.588. The average molecular weight is 309 g/mol. The first-order chi connectivity index (χ1) is 10.2. The monoisotopic (exact) mass is 308 g/mol. The Hall–Kier alpha value is -1.22. The standard InChI is InChI=1S/C17H25ClN2O/c1-4-6-8-13(7-5-2)20-16-11-14(21-3)9-10-15(16)19-17(20)12-18/h9-11,13H,4-8,12H2,1-3H3. The van der Waals surface area contributed by atoms with Crippen LogP contribution in [0.5, 0.6) is 5.75 Å². The molecule has 0 spiro atoms. The Morgan fingerprint density at radius 1 is 1.24 bits per heavy atom. The molecule has 1 heterocycles. The van der Waals surface area contributed by atoms with Crippen molar-refractivity contribution in [1.82, 2.24) is 9.55 Å². The van der Waals surface area contributed by atoms with Gasteiger partial charge in [0.1, 0.15) is 11.6 Å². The van der Waals surface area contributed by atoms with Crippen LogP contribution < -0.4 is 4.74 Å². The second kappa shape index (κ2) is 7.69. The van der Waals surface area contributed by atoms with Gasteiger partial charge in [0.15, 0.2) is 0 Å². The van der Waals surface area contributed by atoms with Gasteiger partial charge in [0.25, 0.3) is 0 Å². The third kappa shape index (κ3) is 3.52. The number of unbranched alkanes of at least 4 members (excludes halogenated alkanes) is 1. The third-order valence-corrected chi connectivity index (χ3v) is 4.21. The van der Waals surface area contributed by atoms with E-state index in [2.05, 4.69) is 24.5 Å². The molecule has 116 valence electrons. The third-order valence-electron chi connectivity index (χ3n) is 3.97. The molecule has 2 rings (SSSR count). The van der Waals surface area contributed by atoms with Crippen LogP contribution in [0.3, 0.4) is 0 Å². The van der Waals surface area contributed by atoms with Crippen LogP contribution in [0.25, 0.3) is 11.0 Å². The SMILES string of the molecule is CCCCC(CCC)n1c(CCl)nc2ccc(OC)cc21. The van der Waals surface area contributed by atoms with Crippen molar-refractivity contribution >= 4 is 22.6 Å². The van der Waals surface area contributed by atoms with Crippen molar-refractivity contribution in [3.63, 3.8) is 0 Å². The molecule has 4 heteroatoms. The lowest BCUT2D eigenvalue weighted by molar-refractivity contribution is 0.410. The van der Waals surface area contributed by atoms with E-state index in [1.807, 2.05) is 12.1 Å². The van der Waals surface area contributed by atoms with Crippen molar-refractivity contribution in [2.75, 3.05) is 7.11 Å². The number of fused-ring (bicyclic) bond motifs is 1. The summed E-state index contributed by atoms with van der Waals surface area (Å²) in [4.78, 5) is 4.69. The first-order valence-corrected chi connectivity index (χ1v) is 8.39. The Balaban J connectivity index is 2.50. The van der Waals surface area contributed by atoms with E-state index in [4.69, 9.17) is 21.3 Å². The van der Waals surface area contributed by atoms with Crippen molar-refractivity contribution in [3.05, 3.63) is 24.0 Å². The van der Waals surface area contributed by atoms with Gasteiger partial charge in [0.05, 0.1) is 24.0 Å². The average Bonchev–Trinajstić information content (AvgIpc) is 2.88. The maximum Gasteiger partial charge on any atom is 0.125 e. The van der Waals surface area contributed by atoms with Crippen molar-refractivity contribution in [1.29, 1.82) is 0 Å². The molecule has 0 saturated heterocycles. The van der Waals surface area contributed by atoms with E-state index in [-0.39, 0.29) is 0 Å². The van der Waals surface area contributed by atoms with E-state index in [0.29, 0.717) is 11.9 Å². The highest BCUT2D eigenvalue weighted by Gasteiger charge is 2.18. The first-order valence-electron chi connectivity index (χ1n) is 7.85. The molecule has 0 fully saturated rings. The molecule has 2 aromatic rings. The Bertz CT molecular complexity index is 579. The molecule has 21 heavy (non-hydrogen) atoms. The maximum absolute atomic E-state index is 6.14. The fourth-order valence-electron chi connectivity index (χ4n) is 2.93. The molecule has 0 aliphatic carbocycles. The number of imidazole rings is 1. The molecule has 1 unspecified atom stereocenters. The molecule has 0 amide bonds. The van der Waals surface area contributed by atoms with Crippen molar-refractivity contribution < 1.29 is 4.74 Å². The normalized spacial score (nSPS) is 12.8. The van der Waals surface area contributed by atoms with Crippen LogP contribution in [0.2, 0.25) is 0 Å². The smallest absolute Gasteiger partial charge is 0.125 e. The van der Waals surface area contributed by atoms with Crippen molar-refractivity contribution in [2.45, 2.75) is 57.9 Å². The van der Waals surface area contributed by atoms with Gasteiger partial charge in [-0.05, 0) is 25.0 Å². The van der Waals surface area contributed by atoms with Gasteiger partial charge in [0, 0.05) is 12.1 Å². The summed E-state index contributed by atoms with van der Waals surface area (Å²) in [6.07, 6.45) is 5.95. The highest BCUT2D eigenvalue weighted by Crippen LogP contribution is 2.30. The molecule has 0 aliphatic rings. The number of methoxy groups -OCH3 is 1. The fourth-order valence-corrected chi connectivity index (χ4v) is 3.12. The summed E-state index contributed by atoms with van der Waals surface area (Å²) in [7, 11) is 1.70. The number of nitrogens with zero attached hydrogens (tertiary/aromatic N) is 2. The van der Waals surface area contributed by atoms with Crippen LogP contribution in [0, 0.1) is 0 Å². The van der Waals surface area contributed by atoms with Crippen LogP contribution >= 0.6 is 11.6 Å². The van der Waals surface area contributed by atoms with Gasteiger partial charge in [0.2, 0.25) is 0 Å². The van der Waals surface area contributed by atoms with Crippen molar-refractivity contribution in [2.24, 2.45) is 0 Å². The minimum Gasteiger partial charge on any atom is -0.497 e. The predicted octanol–water partition coefficient (Wildman–Crippen LogP) is 5.32. The minimum absolute atomic E-state index is 0.448. The number of halogens is 1. The molecule has 1 aromatic carbocycles. The number of aromatic nitrogens is 2. The van der Waals surface area contributed by atoms with Gasteiger partial charge in [-0.2, -0.15) is 0 Å². The highest BCUT2D eigenvalue weighted by molar-refractivity contribution is 6.16. The molecule has 3 nitrogen and oxygen atoms in total. The van der Waals surface area contributed by atoms with Gasteiger partial charge in [-0.25, -0.2) is 4.98 Å².